The Labute approximate surface area is 194 Å². The Hall–Kier alpha value is -3.28. The maximum atomic E-state index is 13.0. The predicted octanol–water partition coefficient (Wildman–Crippen LogP) is 5.24. The molecule has 0 spiro atoms. The Kier molecular flexibility index (Phi) is 5.84. The molecule has 1 aliphatic rings. The van der Waals surface area contributed by atoms with Crippen LogP contribution in [0.4, 0.5) is 0 Å². The summed E-state index contributed by atoms with van der Waals surface area (Å²) < 4.78 is 2.04. The Morgan fingerprint density at radius 2 is 1.84 bits per heavy atom. The lowest BCUT2D eigenvalue weighted by Gasteiger charge is -2.10. The SMILES string of the molecule is N#C[C@H](C(=O)CSc1nnc(C2CC2)n1-c1ccccc1)c1nc(-c2ccccc2)cs1. The van der Waals surface area contributed by atoms with Crippen molar-refractivity contribution in [1.29, 1.82) is 5.26 Å². The Morgan fingerprint density at radius 1 is 1.12 bits per heavy atom. The van der Waals surface area contributed by atoms with Crippen LogP contribution in [0.2, 0.25) is 0 Å². The second kappa shape index (κ2) is 9.07. The van der Waals surface area contributed by atoms with Gasteiger partial charge < -0.3 is 0 Å². The second-order valence-corrected chi connectivity index (χ2v) is 9.37. The van der Waals surface area contributed by atoms with E-state index in [1.54, 1.807) is 0 Å². The van der Waals surface area contributed by atoms with Crippen LogP contribution >= 0.6 is 23.1 Å². The number of thioether (sulfide) groups is 1. The molecule has 0 saturated heterocycles. The summed E-state index contributed by atoms with van der Waals surface area (Å²) in [6.45, 7) is 0. The first-order valence-corrected chi connectivity index (χ1v) is 12.2. The molecule has 8 heteroatoms. The zero-order valence-corrected chi connectivity index (χ0v) is 18.7. The summed E-state index contributed by atoms with van der Waals surface area (Å²) in [5, 5.41) is 21.5. The molecule has 158 valence electrons. The minimum atomic E-state index is -0.888. The van der Waals surface area contributed by atoms with Gasteiger partial charge in [-0.1, -0.05) is 60.3 Å². The molecular weight excluding hydrogens is 438 g/mol. The first-order valence-electron chi connectivity index (χ1n) is 10.3. The van der Waals surface area contributed by atoms with Gasteiger partial charge in [-0.25, -0.2) is 4.98 Å². The smallest absolute Gasteiger partial charge is 0.196 e. The molecule has 1 aliphatic carbocycles. The molecule has 0 bridgehead atoms. The lowest BCUT2D eigenvalue weighted by atomic mass is 10.1. The van der Waals surface area contributed by atoms with Crippen molar-refractivity contribution < 1.29 is 4.79 Å². The monoisotopic (exact) mass is 457 g/mol. The van der Waals surface area contributed by atoms with E-state index in [4.69, 9.17) is 0 Å². The van der Waals surface area contributed by atoms with Crippen LogP contribution in [0, 0.1) is 11.3 Å². The third-order valence-corrected chi connectivity index (χ3v) is 7.11. The van der Waals surface area contributed by atoms with Gasteiger partial charge in [0.15, 0.2) is 16.9 Å². The summed E-state index contributed by atoms with van der Waals surface area (Å²) in [5.74, 6) is 0.429. The topological polar surface area (TPSA) is 84.5 Å². The van der Waals surface area contributed by atoms with Gasteiger partial charge in [-0.05, 0) is 25.0 Å². The van der Waals surface area contributed by atoms with Gasteiger partial charge in [0, 0.05) is 22.5 Å². The van der Waals surface area contributed by atoms with Crippen molar-refractivity contribution in [3.63, 3.8) is 0 Å². The first-order chi connectivity index (χ1) is 15.7. The van der Waals surface area contributed by atoms with Crippen LogP contribution in [0.15, 0.2) is 71.2 Å². The molecule has 2 aromatic carbocycles. The predicted molar refractivity (Wildman–Crippen MR) is 125 cm³/mol. The molecule has 0 unspecified atom stereocenters. The Bertz CT molecular complexity index is 1270. The number of carbonyl (C=O) groups is 1. The number of aromatic nitrogens is 4. The van der Waals surface area contributed by atoms with Crippen LogP contribution in [0.3, 0.4) is 0 Å². The number of Topliss-reactive ketones (excluding diaryl/α,β-unsaturated/α-hetero) is 1. The summed E-state index contributed by atoms with van der Waals surface area (Å²) in [5.41, 5.74) is 2.74. The number of ketones is 1. The van der Waals surface area contributed by atoms with E-state index in [-0.39, 0.29) is 11.5 Å². The number of nitriles is 1. The zero-order valence-electron chi connectivity index (χ0n) is 17.1. The molecular formula is C24H19N5OS2. The minimum Gasteiger partial charge on any atom is -0.297 e. The van der Waals surface area contributed by atoms with E-state index in [9.17, 15) is 10.1 Å². The average molecular weight is 458 g/mol. The van der Waals surface area contributed by atoms with Gasteiger partial charge in [0.1, 0.15) is 10.8 Å². The summed E-state index contributed by atoms with van der Waals surface area (Å²) in [7, 11) is 0. The number of hydrogen-bond acceptors (Lipinski definition) is 7. The van der Waals surface area contributed by atoms with Gasteiger partial charge in [0.25, 0.3) is 0 Å². The summed E-state index contributed by atoms with van der Waals surface area (Å²) >= 11 is 2.67. The maximum absolute atomic E-state index is 13.0. The fourth-order valence-corrected chi connectivity index (χ4v) is 5.20. The highest BCUT2D eigenvalue weighted by Crippen LogP contribution is 2.41. The van der Waals surface area contributed by atoms with E-state index in [0.29, 0.717) is 16.1 Å². The van der Waals surface area contributed by atoms with Gasteiger partial charge in [-0.2, -0.15) is 5.26 Å². The Morgan fingerprint density at radius 3 is 2.53 bits per heavy atom. The van der Waals surface area contributed by atoms with E-state index in [2.05, 4.69) is 21.3 Å². The third-order valence-electron chi connectivity index (χ3n) is 5.25. The highest BCUT2D eigenvalue weighted by molar-refractivity contribution is 7.99. The van der Waals surface area contributed by atoms with Crippen molar-refractivity contribution in [3.05, 3.63) is 76.9 Å². The summed E-state index contributed by atoms with van der Waals surface area (Å²) in [4.78, 5) is 17.5. The molecule has 0 aliphatic heterocycles. The molecule has 2 heterocycles. The van der Waals surface area contributed by atoms with Gasteiger partial charge in [0.05, 0.1) is 17.5 Å². The molecule has 1 saturated carbocycles. The van der Waals surface area contributed by atoms with Crippen LogP contribution in [0.5, 0.6) is 0 Å². The number of hydrogen-bond donors (Lipinski definition) is 0. The van der Waals surface area contributed by atoms with Gasteiger partial charge >= 0.3 is 0 Å². The molecule has 2 aromatic heterocycles. The van der Waals surface area contributed by atoms with Crippen LogP contribution < -0.4 is 0 Å². The number of nitrogens with zero attached hydrogens (tertiary/aromatic N) is 5. The van der Waals surface area contributed by atoms with Crippen LogP contribution in [-0.2, 0) is 4.79 Å². The summed E-state index contributed by atoms with van der Waals surface area (Å²) in [6.07, 6.45) is 2.22. The van der Waals surface area contributed by atoms with Crippen molar-refractivity contribution in [1.82, 2.24) is 19.7 Å². The normalized spacial score (nSPS) is 14.1. The van der Waals surface area contributed by atoms with Crippen LogP contribution in [0.25, 0.3) is 16.9 Å². The van der Waals surface area contributed by atoms with E-state index in [0.717, 1.165) is 35.6 Å². The van der Waals surface area contributed by atoms with Crippen LogP contribution in [0.1, 0.15) is 35.5 Å². The van der Waals surface area contributed by atoms with Crippen molar-refractivity contribution in [2.45, 2.75) is 29.8 Å². The molecule has 1 atom stereocenters. The van der Waals surface area contributed by atoms with Crippen molar-refractivity contribution >= 4 is 28.9 Å². The Balaban J connectivity index is 1.34. The maximum Gasteiger partial charge on any atom is 0.196 e. The number of para-hydroxylation sites is 1. The standard InChI is InChI=1S/C24H19N5OS2/c25-13-19(23-26-20(14-31-23)16-7-3-1-4-8-16)21(30)15-32-24-28-27-22(17-11-12-17)29(24)18-9-5-2-6-10-18/h1-10,14,17,19H,11-12,15H2/t19-/m1/s1. The van der Waals surface area contributed by atoms with E-state index < -0.39 is 5.92 Å². The van der Waals surface area contributed by atoms with Gasteiger partial charge in [-0.3, -0.25) is 9.36 Å². The quantitative estimate of drug-likeness (QED) is 0.337. The highest BCUT2D eigenvalue weighted by atomic mass is 32.2. The number of carbonyl (C=O) groups excluding carboxylic acids is 1. The zero-order chi connectivity index (χ0) is 21.9. The lowest BCUT2D eigenvalue weighted by molar-refractivity contribution is -0.116. The fraction of sp³-hybridized carbons (Fsp3) is 0.208. The largest absolute Gasteiger partial charge is 0.297 e. The van der Waals surface area contributed by atoms with Crippen molar-refractivity contribution in [2.75, 3.05) is 5.75 Å². The first kappa shape index (κ1) is 20.6. The van der Waals surface area contributed by atoms with Crippen molar-refractivity contribution in [2.24, 2.45) is 0 Å². The number of rotatable bonds is 8. The molecule has 4 aromatic rings. The van der Waals surface area contributed by atoms with Crippen molar-refractivity contribution in [3.8, 4) is 23.0 Å². The van der Waals surface area contributed by atoms with Gasteiger partial charge in [-0.15, -0.1) is 21.5 Å². The second-order valence-electron chi connectivity index (χ2n) is 7.54. The fourth-order valence-electron chi connectivity index (χ4n) is 3.45. The molecule has 5 rings (SSSR count). The molecule has 32 heavy (non-hydrogen) atoms. The molecule has 0 radical (unpaired) electrons. The molecule has 0 amide bonds. The molecule has 6 nitrogen and oxygen atoms in total. The van der Waals surface area contributed by atoms with E-state index in [1.807, 2.05) is 70.6 Å². The molecule has 1 fully saturated rings. The number of thiazole rings is 1. The average Bonchev–Trinajstić information content (AvgIpc) is 3.41. The lowest BCUT2D eigenvalue weighted by Crippen LogP contribution is -2.14. The highest BCUT2D eigenvalue weighted by Gasteiger charge is 2.31. The van der Waals surface area contributed by atoms with E-state index in [1.165, 1.54) is 23.1 Å². The van der Waals surface area contributed by atoms with E-state index >= 15 is 0 Å². The number of benzene rings is 2. The van der Waals surface area contributed by atoms with Crippen LogP contribution in [-0.4, -0.2) is 31.3 Å². The minimum absolute atomic E-state index is 0.133. The third kappa shape index (κ3) is 4.22. The summed E-state index contributed by atoms with van der Waals surface area (Å²) in [6, 6.07) is 21.8. The molecule has 0 N–H and O–H groups in total. The van der Waals surface area contributed by atoms with Gasteiger partial charge in [0.2, 0.25) is 0 Å².